The Morgan fingerprint density at radius 3 is 2.36 bits per heavy atom. The Kier molecular flexibility index (Phi) is 9.47. The van der Waals surface area contributed by atoms with Gasteiger partial charge in [-0.1, -0.05) is 57.4 Å². The van der Waals surface area contributed by atoms with Crippen molar-refractivity contribution < 1.29 is 23.7 Å². The van der Waals surface area contributed by atoms with E-state index in [1.54, 1.807) is 42.5 Å². The average Bonchev–Trinajstić information content (AvgIpc) is 2.95. The van der Waals surface area contributed by atoms with Crippen LogP contribution >= 0.6 is 0 Å². The van der Waals surface area contributed by atoms with E-state index in [1.165, 1.54) is 0 Å². The van der Waals surface area contributed by atoms with Crippen molar-refractivity contribution in [2.45, 2.75) is 51.9 Å². The van der Waals surface area contributed by atoms with Gasteiger partial charge in [-0.3, -0.25) is 0 Å². The lowest BCUT2D eigenvalue weighted by Crippen LogP contribution is -2.21. The number of fused-ring (bicyclic) bond motifs is 1. The van der Waals surface area contributed by atoms with E-state index in [2.05, 4.69) is 19.9 Å². The molecule has 202 valence electrons. The van der Waals surface area contributed by atoms with Gasteiger partial charge in [0.25, 0.3) is 0 Å². The lowest BCUT2D eigenvalue weighted by molar-refractivity contribution is 0.0734. The SMILES string of the molecule is CCCCCOc1ccccc1C1C(C#N)=C(N)Oc2cc(OC(=O)c3ccc(OCCCC)cc3)ccc21. The molecule has 3 aromatic rings. The van der Waals surface area contributed by atoms with Crippen LogP contribution in [0, 0.1) is 11.3 Å². The molecule has 0 fully saturated rings. The summed E-state index contributed by atoms with van der Waals surface area (Å²) in [6.45, 7) is 5.47. The fraction of sp³-hybridized carbons (Fsp3) is 0.312. The zero-order valence-corrected chi connectivity index (χ0v) is 22.4. The number of para-hydroxylation sites is 1. The topological polar surface area (TPSA) is 104 Å². The van der Waals surface area contributed by atoms with Crippen molar-refractivity contribution in [1.82, 2.24) is 0 Å². The molecule has 0 amide bonds. The van der Waals surface area contributed by atoms with Crippen molar-refractivity contribution >= 4 is 5.97 Å². The molecule has 0 saturated carbocycles. The van der Waals surface area contributed by atoms with Gasteiger partial charge in [-0.25, -0.2) is 4.79 Å². The molecule has 1 heterocycles. The van der Waals surface area contributed by atoms with Crippen molar-refractivity contribution in [2.24, 2.45) is 5.73 Å². The summed E-state index contributed by atoms with van der Waals surface area (Å²) < 4.78 is 23.2. The molecule has 1 aliphatic rings. The predicted molar refractivity (Wildman–Crippen MR) is 149 cm³/mol. The van der Waals surface area contributed by atoms with Gasteiger partial charge in [0.1, 0.15) is 34.6 Å². The van der Waals surface area contributed by atoms with Crippen LogP contribution in [0.25, 0.3) is 0 Å². The first-order chi connectivity index (χ1) is 19.0. The number of carbonyl (C=O) groups excluding carboxylic acids is 1. The second-order valence-electron chi connectivity index (χ2n) is 9.33. The summed E-state index contributed by atoms with van der Waals surface area (Å²) in [5.74, 6) is 1.15. The smallest absolute Gasteiger partial charge is 0.343 e. The van der Waals surface area contributed by atoms with Gasteiger partial charge in [0.2, 0.25) is 5.88 Å². The fourth-order valence-electron chi connectivity index (χ4n) is 4.39. The molecule has 0 radical (unpaired) electrons. The summed E-state index contributed by atoms with van der Waals surface area (Å²) in [4.78, 5) is 12.8. The van der Waals surface area contributed by atoms with Crippen LogP contribution in [0.15, 0.2) is 78.2 Å². The van der Waals surface area contributed by atoms with Gasteiger partial charge in [-0.15, -0.1) is 0 Å². The Labute approximate surface area is 229 Å². The Morgan fingerprint density at radius 2 is 1.62 bits per heavy atom. The van der Waals surface area contributed by atoms with Crippen LogP contribution in [0.4, 0.5) is 0 Å². The monoisotopic (exact) mass is 526 g/mol. The van der Waals surface area contributed by atoms with Gasteiger partial charge in [-0.05, 0) is 49.2 Å². The maximum absolute atomic E-state index is 12.8. The minimum absolute atomic E-state index is 0.0120. The number of carbonyl (C=O) groups is 1. The second kappa shape index (κ2) is 13.4. The van der Waals surface area contributed by atoms with E-state index in [4.69, 9.17) is 24.7 Å². The standard InChI is InChI=1S/C32H34N2O5/c1-3-5-9-19-37-28-11-8-7-10-25(28)30-26-17-16-24(20-29(26)39-31(34)27(30)21-33)38-32(35)22-12-14-23(15-13-22)36-18-6-4-2/h7-8,10-17,20,30H,3-6,9,18-19,34H2,1-2H3. The summed E-state index contributed by atoms with van der Waals surface area (Å²) in [7, 11) is 0. The largest absolute Gasteiger partial charge is 0.494 e. The van der Waals surface area contributed by atoms with E-state index < -0.39 is 11.9 Å². The van der Waals surface area contributed by atoms with Crippen LogP contribution in [0.3, 0.4) is 0 Å². The first kappa shape index (κ1) is 27.6. The molecule has 1 atom stereocenters. The molecule has 4 rings (SSSR count). The molecule has 1 aliphatic heterocycles. The van der Waals surface area contributed by atoms with E-state index in [0.717, 1.165) is 43.2 Å². The van der Waals surface area contributed by atoms with Crippen LogP contribution < -0.4 is 24.7 Å². The van der Waals surface area contributed by atoms with Crippen LogP contribution in [0.1, 0.15) is 73.4 Å². The Morgan fingerprint density at radius 1 is 0.897 bits per heavy atom. The van der Waals surface area contributed by atoms with E-state index in [-0.39, 0.29) is 5.88 Å². The van der Waals surface area contributed by atoms with Crippen LogP contribution in [-0.4, -0.2) is 19.2 Å². The molecule has 39 heavy (non-hydrogen) atoms. The van der Waals surface area contributed by atoms with E-state index in [1.807, 2.05) is 24.3 Å². The van der Waals surface area contributed by atoms with Crippen molar-refractivity contribution in [1.29, 1.82) is 5.26 Å². The van der Waals surface area contributed by atoms with Crippen molar-refractivity contribution in [3.05, 3.63) is 94.9 Å². The lowest BCUT2D eigenvalue weighted by Gasteiger charge is -2.28. The minimum atomic E-state index is -0.505. The number of nitriles is 1. The van der Waals surface area contributed by atoms with Crippen molar-refractivity contribution in [2.75, 3.05) is 13.2 Å². The second-order valence-corrected chi connectivity index (χ2v) is 9.33. The lowest BCUT2D eigenvalue weighted by atomic mass is 9.83. The third kappa shape index (κ3) is 6.71. The molecule has 0 bridgehead atoms. The summed E-state index contributed by atoms with van der Waals surface area (Å²) in [6.07, 6.45) is 5.15. The van der Waals surface area contributed by atoms with Gasteiger partial charge < -0.3 is 24.7 Å². The van der Waals surface area contributed by atoms with Gasteiger partial charge in [-0.2, -0.15) is 5.26 Å². The maximum Gasteiger partial charge on any atom is 0.343 e. The molecule has 3 aromatic carbocycles. The number of hydrogen-bond acceptors (Lipinski definition) is 7. The third-order valence-corrected chi connectivity index (χ3v) is 6.49. The van der Waals surface area contributed by atoms with Gasteiger partial charge in [0.15, 0.2) is 0 Å². The number of ether oxygens (including phenoxy) is 4. The van der Waals surface area contributed by atoms with Gasteiger partial charge in [0, 0.05) is 17.2 Å². The van der Waals surface area contributed by atoms with E-state index >= 15 is 0 Å². The molecule has 7 heteroatoms. The van der Waals surface area contributed by atoms with Gasteiger partial charge >= 0.3 is 5.97 Å². The highest BCUT2D eigenvalue weighted by molar-refractivity contribution is 5.91. The zero-order valence-electron chi connectivity index (χ0n) is 22.4. The number of rotatable bonds is 12. The summed E-state index contributed by atoms with van der Waals surface area (Å²) in [5.41, 5.74) is 8.46. The summed E-state index contributed by atoms with van der Waals surface area (Å²) in [6, 6.07) is 21.8. The molecular formula is C32H34N2O5. The Balaban J connectivity index is 1.56. The molecule has 0 spiro atoms. The first-order valence-corrected chi connectivity index (χ1v) is 13.4. The highest BCUT2D eigenvalue weighted by atomic mass is 16.5. The molecule has 0 aliphatic carbocycles. The molecule has 2 N–H and O–H groups in total. The van der Waals surface area contributed by atoms with Crippen molar-refractivity contribution in [3.8, 4) is 29.1 Å². The number of allylic oxidation sites excluding steroid dienone is 1. The van der Waals surface area contributed by atoms with E-state index in [0.29, 0.717) is 47.3 Å². The first-order valence-electron chi connectivity index (χ1n) is 13.4. The molecule has 0 saturated heterocycles. The maximum atomic E-state index is 12.8. The summed E-state index contributed by atoms with van der Waals surface area (Å²) in [5, 5.41) is 9.95. The van der Waals surface area contributed by atoms with Gasteiger partial charge in [0.05, 0.1) is 24.7 Å². The zero-order chi connectivity index (χ0) is 27.6. The minimum Gasteiger partial charge on any atom is -0.494 e. The van der Waals surface area contributed by atoms with Crippen LogP contribution in [0.2, 0.25) is 0 Å². The quantitative estimate of drug-likeness (QED) is 0.156. The average molecular weight is 527 g/mol. The number of unbranched alkanes of at least 4 members (excludes halogenated alkanes) is 3. The highest BCUT2D eigenvalue weighted by Crippen LogP contribution is 2.46. The number of nitrogens with two attached hydrogens (primary N) is 1. The van der Waals surface area contributed by atoms with Crippen molar-refractivity contribution in [3.63, 3.8) is 0 Å². The van der Waals surface area contributed by atoms with Crippen LogP contribution in [-0.2, 0) is 0 Å². The molecule has 7 nitrogen and oxygen atoms in total. The molecular weight excluding hydrogens is 492 g/mol. The normalized spacial score (nSPS) is 14.1. The van der Waals surface area contributed by atoms with E-state index in [9.17, 15) is 10.1 Å². The predicted octanol–water partition coefficient (Wildman–Crippen LogP) is 6.87. The highest BCUT2D eigenvalue weighted by Gasteiger charge is 2.33. The number of nitrogens with zero attached hydrogens (tertiary/aromatic N) is 1. The Bertz CT molecular complexity index is 1360. The summed E-state index contributed by atoms with van der Waals surface area (Å²) >= 11 is 0. The number of esters is 1. The molecule has 0 aromatic heterocycles. The fourth-order valence-corrected chi connectivity index (χ4v) is 4.39. The number of benzene rings is 3. The number of hydrogen-bond donors (Lipinski definition) is 1. The van der Waals surface area contributed by atoms with Crippen LogP contribution in [0.5, 0.6) is 23.0 Å². The Hall–Kier alpha value is -4.44. The molecule has 1 unspecified atom stereocenters. The third-order valence-electron chi connectivity index (χ3n) is 6.49.